The summed E-state index contributed by atoms with van der Waals surface area (Å²) in [6.45, 7) is 1.93. The van der Waals surface area contributed by atoms with Crippen LogP contribution in [0.1, 0.15) is 12.7 Å². The van der Waals surface area contributed by atoms with E-state index in [1.807, 2.05) is 6.92 Å². The van der Waals surface area contributed by atoms with Gasteiger partial charge in [0.25, 0.3) is 5.89 Å². The van der Waals surface area contributed by atoms with Crippen molar-refractivity contribution in [3.63, 3.8) is 0 Å². The predicted molar refractivity (Wildman–Crippen MR) is 56.5 cm³/mol. The summed E-state index contributed by atoms with van der Waals surface area (Å²) >= 11 is 0. The Morgan fingerprint density at radius 2 is 2.44 bits per heavy atom. The largest absolute Gasteiger partial charge is 0.383 e. The third kappa shape index (κ3) is 2.03. The molecule has 0 spiro atoms. The Labute approximate surface area is 92.0 Å². The van der Waals surface area contributed by atoms with Crippen molar-refractivity contribution in [3.05, 3.63) is 12.0 Å². The fraction of sp³-hybridized carbons (Fsp3) is 0.444. The van der Waals surface area contributed by atoms with Gasteiger partial charge in [-0.2, -0.15) is 10.1 Å². The second-order valence-electron chi connectivity index (χ2n) is 3.46. The monoisotopic (exact) mass is 223 g/mol. The van der Waals surface area contributed by atoms with E-state index in [1.54, 1.807) is 13.3 Å². The summed E-state index contributed by atoms with van der Waals surface area (Å²) in [5, 5.41) is 10.2. The number of nitrogens with two attached hydrogens (primary N) is 1. The molecule has 2 aromatic heterocycles. The van der Waals surface area contributed by atoms with Crippen molar-refractivity contribution in [3.8, 4) is 11.5 Å². The molecule has 7 nitrogen and oxygen atoms in total. The van der Waals surface area contributed by atoms with Gasteiger partial charge < -0.3 is 15.0 Å². The van der Waals surface area contributed by atoms with Crippen LogP contribution >= 0.6 is 0 Å². The number of hydrogen-bond acceptors (Lipinski definition) is 6. The number of aromatic nitrogens is 4. The zero-order chi connectivity index (χ0) is 11.5. The summed E-state index contributed by atoms with van der Waals surface area (Å²) in [7, 11) is 1.64. The van der Waals surface area contributed by atoms with E-state index in [2.05, 4.69) is 20.3 Å². The molecule has 0 aliphatic heterocycles. The van der Waals surface area contributed by atoms with Gasteiger partial charge in [0.15, 0.2) is 5.82 Å². The van der Waals surface area contributed by atoms with E-state index in [4.69, 9.17) is 15.0 Å². The highest BCUT2D eigenvalue weighted by Gasteiger charge is 2.14. The smallest absolute Gasteiger partial charge is 0.263 e. The first-order valence-electron chi connectivity index (χ1n) is 4.85. The van der Waals surface area contributed by atoms with Crippen molar-refractivity contribution in [1.82, 2.24) is 20.3 Å². The minimum Gasteiger partial charge on any atom is -0.383 e. The number of H-pyrrole nitrogens is 1. The molecular formula is C9H13N5O2. The molecule has 0 saturated carbocycles. The van der Waals surface area contributed by atoms with Gasteiger partial charge in [-0.3, -0.25) is 5.10 Å². The van der Waals surface area contributed by atoms with Crippen LogP contribution in [-0.2, 0) is 11.2 Å². The predicted octanol–water partition coefficient (Wildman–Crippen LogP) is 0.619. The van der Waals surface area contributed by atoms with Crippen LogP contribution in [0.2, 0.25) is 0 Å². The van der Waals surface area contributed by atoms with Crippen LogP contribution in [0.3, 0.4) is 0 Å². The van der Waals surface area contributed by atoms with E-state index in [9.17, 15) is 0 Å². The van der Waals surface area contributed by atoms with Gasteiger partial charge in [0.2, 0.25) is 0 Å². The quantitative estimate of drug-likeness (QED) is 0.787. The molecule has 3 N–H and O–H groups in total. The summed E-state index contributed by atoms with van der Waals surface area (Å²) < 4.78 is 10.2. The second kappa shape index (κ2) is 4.31. The van der Waals surface area contributed by atoms with Crippen LogP contribution in [-0.4, -0.2) is 33.6 Å². The molecule has 86 valence electrons. The van der Waals surface area contributed by atoms with Crippen molar-refractivity contribution in [2.45, 2.75) is 19.4 Å². The molecule has 2 rings (SSSR count). The Morgan fingerprint density at radius 3 is 3.06 bits per heavy atom. The van der Waals surface area contributed by atoms with Crippen molar-refractivity contribution in [1.29, 1.82) is 0 Å². The molecule has 2 heterocycles. The molecule has 16 heavy (non-hydrogen) atoms. The Bertz CT molecular complexity index is 464. The Hall–Kier alpha value is -1.89. The summed E-state index contributed by atoms with van der Waals surface area (Å²) in [4.78, 5) is 4.20. The molecule has 1 atom stereocenters. The molecule has 0 aliphatic carbocycles. The minimum absolute atomic E-state index is 0.0483. The van der Waals surface area contributed by atoms with Crippen LogP contribution in [0.25, 0.3) is 11.5 Å². The third-order valence-corrected chi connectivity index (χ3v) is 2.24. The lowest BCUT2D eigenvalue weighted by atomic mass is 10.3. The molecule has 0 fully saturated rings. The van der Waals surface area contributed by atoms with Crippen LogP contribution in [0.5, 0.6) is 0 Å². The summed E-state index contributed by atoms with van der Waals surface area (Å²) in [6.07, 6.45) is 2.19. The topological polar surface area (TPSA) is 103 Å². The molecule has 1 unspecified atom stereocenters. The van der Waals surface area contributed by atoms with Crippen LogP contribution in [0.15, 0.2) is 10.7 Å². The van der Waals surface area contributed by atoms with Crippen molar-refractivity contribution >= 4 is 5.82 Å². The van der Waals surface area contributed by atoms with E-state index in [0.717, 1.165) is 0 Å². The Morgan fingerprint density at radius 1 is 1.62 bits per heavy atom. The van der Waals surface area contributed by atoms with Crippen LogP contribution in [0, 0.1) is 0 Å². The maximum Gasteiger partial charge on any atom is 0.263 e. The fourth-order valence-electron chi connectivity index (χ4n) is 1.25. The number of aromatic amines is 1. The SMILES string of the molecule is COC(C)Cc1noc(-c2cn[nH]c2N)n1. The summed E-state index contributed by atoms with van der Waals surface area (Å²) in [6, 6.07) is 0. The number of ether oxygens (including phenoxy) is 1. The van der Waals surface area contributed by atoms with Gasteiger partial charge in [0.1, 0.15) is 11.4 Å². The first-order chi connectivity index (χ1) is 7.70. The first kappa shape index (κ1) is 10.6. The zero-order valence-corrected chi connectivity index (χ0v) is 9.10. The molecule has 0 aromatic carbocycles. The van der Waals surface area contributed by atoms with Gasteiger partial charge in [-0.1, -0.05) is 5.16 Å². The third-order valence-electron chi connectivity index (χ3n) is 2.24. The zero-order valence-electron chi connectivity index (χ0n) is 9.10. The van der Waals surface area contributed by atoms with E-state index in [-0.39, 0.29) is 6.10 Å². The standard InChI is InChI=1S/C9H13N5O2/c1-5(15-2)3-7-12-9(16-14-7)6-4-11-13-8(6)10/h4-5H,3H2,1-2H3,(H3,10,11,13). The number of anilines is 1. The number of hydrogen-bond donors (Lipinski definition) is 2. The maximum atomic E-state index is 5.64. The average Bonchev–Trinajstić information content (AvgIpc) is 2.86. The van der Waals surface area contributed by atoms with Gasteiger partial charge in [0, 0.05) is 13.5 Å². The average molecular weight is 223 g/mol. The van der Waals surface area contributed by atoms with Crippen molar-refractivity contribution in [2.75, 3.05) is 12.8 Å². The van der Waals surface area contributed by atoms with Crippen LogP contribution in [0.4, 0.5) is 5.82 Å². The van der Waals surface area contributed by atoms with Gasteiger partial charge in [0.05, 0.1) is 12.3 Å². The number of methoxy groups -OCH3 is 1. The lowest BCUT2D eigenvalue weighted by Gasteiger charge is -2.03. The molecule has 0 saturated heterocycles. The van der Waals surface area contributed by atoms with Gasteiger partial charge >= 0.3 is 0 Å². The molecule has 0 radical (unpaired) electrons. The number of nitrogen functional groups attached to an aromatic ring is 1. The molecule has 0 amide bonds. The van der Waals surface area contributed by atoms with Gasteiger partial charge in [-0.15, -0.1) is 0 Å². The van der Waals surface area contributed by atoms with Crippen LogP contribution < -0.4 is 5.73 Å². The lowest BCUT2D eigenvalue weighted by molar-refractivity contribution is 0.116. The van der Waals surface area contributed by atoms with Gasteiger partial charge in [-0.25, -0.2) is 0 Å². The van der Waals surface area contributed by atoms with Crippen molar-refractivity contribution in [2.24, 2.45) is 0 Å². The highest BCUT2D eigenvalue weighted by Crippen LogP contribution is 2.21. The summed E-state index contributed by atoms with van der Waals surface area (Å²) in [5.74, 6) is 1.37. The van der Waals surface area contributed by atoms with Crippen molar-refractivity contribution < 1.29 is 9.26 Å². The molecule has 7 heteroatoms. The van der Waals surface area contributed by atoms with E-state index < -0.39 is 0 Å². The number of nitrogens with zero attached hydrogens (tertiary/aromatic N) is 3. The normalized spacial score (nSPS) is 12.9. The molecule has 0 bridgehead atoms. The van der Waals surface area contributed by atoms with Gasteiger partial charge in [-0.05, 0) is 6.92 Å². The Kier molecular flexibility index (Phi) is 2.86. The fourth-order valence-corrected chi connectivity index (χ4v) is 1.25. The number of nitrogens with one attached hydrogen (secondary N) is 1. The number of rotatable bonds is 4. The van der Waals surface area contributed by atoms with E-state index in [0.29, 0.717) is 29.5 Å². The maximum absolute atomic E-state index is 5.64. The van der Waals surface area contributed by atoms with E-state index >= 15 is 0 Å². The lowest BCUT2D eigenvalue weighted by Crippen LogP contribution is -2.09. The molecule has 0 aliphatic rings. The highest BCUT2D eigenvalue weighted by atomic mass is 16.5. The first-order valence-corrected chi connectivity index (χ1v) is 4.85. The summed E-state index contributed by atoms with van der Waals surface area (Å²) in [5.41, 5.74) is 6.25. The second-order valence-corrected chi connectivity index (χ2v) is 3.46. The molecular weight excluding hydrogens is 210 g/mol. The highest BCUT2D eigenvalue weighted by molar-refractivity contribution is 5.65. The minimum atomic E-state index is 0.0483. The molecule has 2 aromatic rings. The van der Waals surface area contributed by atoms with E-state index in [1.165, 1.54) is 0 Å². The Balaban J connectivity index is 2.17.